The number of hydrogen-bond donors (Lipinski definition) is 1. The summed E-state index contributed by atoms with van der Waals surface area (Å²) >= 11 is 5.98. The Morgan fingerprint density at radius 2 is 2.00 bits per heavy atom. The van der Waals surface area contributed by atoms with Gasteiger partial charge in [-0.15, -0.1) is 0 Å². The largest absolute Gasteiger partial charge is 0.496 e. The lowest BCUT2D eigenvalue weighted by molar-refractivity contribution is -0.128. The highest BCUT2D eigenvalue weighted by molar-refractivity contribution is 6.30. The van der Waals surface area contributed by atoms with Crippen LogP contribution in [0.4, 0.5) is 0 Å². The van der Waals surface area contributed by atoms with Crippen LogP contribution in [0.1, 0.15) is 38.2 Å². The van der Waals surface area contributed by atoms with Gasteiger partial charge in [-0.3, -0.25) is 9.69 Å². The zero-order chi connectivity index (χ0) is 23.3. The number of ether oxygens (including phenoxy) is 3. The Labute approximate surface area is 201 Å². The van der Waals surface area contributed by atoms with Gasteiger partial charge in [-0.05, 0) is 56.9 Å². The second-order valence-corrected chi connectivity index (χ2v) is 9.45. The first-order valence-electron chi connectivity index (χ1n) is 11.7. The van der Waals surface area contributed by atoms with E-state index in [4.69, 9.17) is 25.8 Å². The molecular weight excluding hydrogens is 440 g/mol. The van der Waals surface area contributed by atoms with Crippen LogP contribution >= 0.6 is 11.6 Å². The van der Waals surface area contributed by atoms with Gasteiger partial charge in [0.2, 0.25) is 0 Å². The summed E-state index contributed by atoms with van der Waals surface area (Å²) in [5, 5.41) is 3.57. The molecule has 2 fully saturated rings. The van der Waals surface area contributed by atoms with Crippen molar-refractivity contribution in [2.75, 3.05) is 26.7 Å². The lowest BCUT2D eigenvalue weighted by Crippen LogP contribution is -2.45. The first kappa shape index (κ1) is 23.9. The number of carbonyl (C=O) groups excluding carboxylic acids is 1. The van der Waals surface area contributed by atoms with Crippen LogP contribution in [-0.2, 0) is 16.1 Å². The van der Waals surface area contributed by atoms with Crippen LogP contribution in [0.25, 0.3) is 0 Å². The van der Waals surface area contributed by atoms with Crippen molar-refractivity contribution in [1.29, 1.82) is 0 Å². The molecule has 178 valence electrons. The number of para-hydroxylation sites is 1. The second kappa shape index (κ2) is 10.8. The molecule has 0 radical (unpaired) electrons. The van der Waals surface area contributed by atoms with Gasteiger partial charge < -0.3 is 19.5 Å². The fourth-order valence-corrected chi connectivity index (χ4v) is 4.94. The Morgan fingerprint density at radius 3 is 2.76 bits per heavy atom. The fourth-order valence-electron chi connectivity index (χ4n) is 4.76. The van der Waals surface area contributed by atoms with Crippen molar-refractivity contribution in [1.82, 2.24) is 10.2 Å². The summed E-state index contributed by atoms with van der Waals surface area (Å²) < 4.78 is 17.7. The van der Waals surface area contributed by atoms with Crippen LogP contribution in [0.5, 0.6) is 11.5 Å². The van der Waals surface area contributed by atoms with E-state index in [-0.39, 0.29) is 17.6 Å². The lowest BCUT2D eigenvalue weighted by Gasteiger charge is -2.39. The van der Waals surface area contributed by atoms with E-state index >= 15 is 0 Å². The molecular formula is C26H33ClN2O4. The van der Waals surface area contributed by atoms with Crippen molar-refractivity contribution < 1.29 is 19.0 Å². The number of nitrogens with one attached hydrogen (secondary N) is 1. The smallest absolute Gasteiger partial charge is 0.260 e. The number of methoxy groups -OCH3 is 1. The van der Waals surface area contributed by atoms with Crippen LogP contribution in [-0.4, -0.2) is 55.4 Å². The maximum absolute atomic E-state index is 12.5. The first-order valence-corrected chi connectivity index (χ1v) is 12.1. The Morgan fingerprint density at radius 1 is 1.21 bits per heavy atom. The third-order valence-electron chi connectivity index (χ3n) is 6.67. The Balaban J connectivity index is 1.20. The van der Waals surface area contributed by atoms with Crippen molar-refractivity contribution in [2.24, 2.45) is 0 Å². The molecule has 6 nitrogen and oxygen atoms in total. The third kappa shape index (κ3) is 6.19. The molecule has 2 saturated heterocycles. The van der Waals surface area contributed by atoms with Gasteiger partial charge in [-0.25, -0.2) is 0 Å². The van der Waals surface area contributed by atoms with Crippen LogP contribution in [0.15, 0.2) is 48.5 Å². The van der Waals surface area contributed by atoms with Crippen molar-refractivity contribution in [2.45, 2.75) is 57.0 Å². The van der Waals surface area contributed by atoms with E-state index < -0.39 is 6.10 Å². The molecule has 4 rings (SSSR count). The minimum absolute atomic E-state index is 0.0492. The Bertz CT molecular complexity index is 945. The molecule has 2 atom stereocenters. The van der Waals surface area contributed by atoms with E-state index in [0.717, 1.165) is 51.1 Å². The monoisotopic (exact) mass is 472 g/mol. The number of carbonyl (C=O) groups is 1. The van der Waals surface area contributed by atoms with E-state index in [1.807, 2.05) is 12.1 Å². The average molecular weight is 473 g/mol. The molecule has 0 aromatic heterocycles. The molecule has 2 unspecified atom stereocenters. The molecule has 1 spiro atoms. The van der Waals surface area contributed by atoms with Gasteiger partial charge in [0.1, 0.15) is 11.5 Å². The van der Waals surface area contributed by atoms with E-state index in [0.29, 0.717) is 17.3 Å². The zero-order valence-electron chi connectivity index (χ0n) is 19.4. The second-order valence-electron chi connectivity index (χ2n) is 9.01. The highest BCUT2D eigenvalue weighted by Crippen LogP contribution is 2.39. The molecule has 0 saturated carbocycles. The summed E-state index contributed by atoms with van der Waals surface area (Å²) in [6.45, 7) is 5.15. The van der Waals surface area contributed by atoms with E-state index in [1.165, 1.54) is 5.56 Å². The van der Waals surface area contributed by atoms with Gasteiger partial charge >= 0.3 is 0 Å². The van der Waals surface area contributed by atoms with E-state index in [1.54, 1.807) is 38.3 Å². The number of rotatable bonds is 8. The number of nitrogens with zero attached hydrogens (tertiary/aromatic N) is 1. The number of amides is 1. The van der Waals surface area contributed by atoms with Gasteiger partial charge in [0, 0.05) is 36.8 Å². The van der Waals surface area contributed by atoms with Crippen LogP contribution in [0.3, 0.4) is 0 Å². The van der Waals surface area contributed by atoms with Crippen molar-refractivity contribution >= 4 is 17.5 Å². The summed E-state index contributed by atoms with van der Waals surface area (Å²) in [7, 11) is 1.72. The highest BCUT2D eigenvalue weighted by Gasteiger charge is 2.42. The topological polar surface area (TPSA) is 60.0 Å². The average Bonchev–Trinajstić information content (AvgIpc) is 3.22. The van der Waals surface area contributed by atoms with Crippen LogP contribution in [0.2, 0.25) is 5.02 Å². The summed E-state index contributed by atoms with van der Waals surface area (Å²) in [6.07, 6.45) is 3.49. The number of piperidine rings is 1. The zero-order valence-corrected chi connectivity index (χ0v) is 20.1. The van der Waals surface area contributed by atoms with Crippen molar-refractivity contribution in [3.05, 3.63) is 59.1 Å². The minimum atomic E-state index is -0.600. The molecule has 7 heteroatoms. The van der Waals surface area contributed by atoms with E-state index in [2.05, 4.69) is 22.3 Å². The van der Waals surface area contributed by atoms with Gasteiger partial charge in [0.15, 0.2) is 6.10 Å². The molecule has 33 heavy (non-hydrogen) atoms. The number of likely N-dealkylation sites (tertiary alicyclic amines) is 1. The molecule has 1 N–H and O–H groups in total. The predicted molar refractivity (Wildman–Crippen MR) is 129 cm³/mol. The standard InChI is InChI=1S/C26H33ClN2O4/c1-19(32-22-8-5-7-21(27)16-22)25(30)28-17-23-10-11-26(33-23)12-14-29(15-13-26)18-20-6-3-4-9-24(20)31-2/h3-9,16,19,23H,10-15,17-18H2,1-2H3,(H,28,30). The van der Waals surface area contributed by atoms with Gasteiger partial charge in [-0.2, -0.15) is 0 Å². The highest BCUT2D eigenvalue weighted by atomic mass is 35.5. The Kier molecular flexibility index (Phi) is 7.78. The third-order valence-corrected chi connectivity index (χ3v) is 6.91. The van der Waals surface area contributed by atoms with Crippen molar-refractivity contribution in [3.63, 3.8) is 0 Å². The lowest BCUT2D eigenvalue weighted by atomic mass is 9.88. The number of halogens is 1. The van der Waals surface area contributed by atoms with Gasteiger partial charge in [-0.1, -0.05) is 35.9 Å². The molecule has 0 aliphatic carbocycles. The molecule has 2 aliphatic rings. The quantitative estimate of drug-likeness (QED) is 0.615. The van der Waals surface area contributed by atoms with Gasteiger partial charge in [0.25, 0.3) is 5.91 Å². The normalized spacial score (nSPS) is 21.0. The summed E-state index contributed by atoms with van der Waals surface area (Å²) in [6, 6.07) is 15.3. The van der Waals surface area contributed by atoms with Crippen LogP contribution in [0, 0.1) is 0 Å². The van der Waals surface area contributed by atoms with E-state index in [9.17, 15) is 4.79 Å². The minimum Gasteiger partial charge on any atom is -0.496 e. The predicted octanol–water partition coefficient (Wildman–Crippen LogP) is 4.45. The molecule has 2 aromatic carbocycles. The SMILES string of the molecule is COc1ccccc1CN1CCC2(CCC(CNC(=O)C(C)Oc3cccc(Cl)c3)O2)CC1. The number of hydrogen-bond acceptors (Lipinski definition) is 5. The maximum Gasteiger partial charge on any atom is 0.260 e. The maximum atomic E-state index is 12.5. The first-order chi connectivity index (χ1) is 16.0. The fraction of sp³-hybridized carbons (Fsp3) is 0.500. The number of benzene rings is 2. The Hall–Kier alpha value is -2.28. The molecule has 2 aliphatic heterocycles. The molecule has 2 aromatic rings. The summed E-state index contributed by atoms with van der Waals surface area (Å²) in [5.74, 6) is 1.38. The molecule has 1 amide bonds. The molecule has 2 heterocycles. The van der Waals surface area contributed by atoms with Gasteiger partial charge in [0.05, 0.1) is 18.8 Å². The molecule has 0 bridgehead atoms. The van der Waals surface area contributed by atoms with Crippen LogP contribution < -0.4 is 14.8 Å². The summed E-state index contributed by atoms with van der Waals surface area (Å²) in [4.78, 5) is 15.0. The summed E-state index contributed by atoms with van der Waals surface area (Å²) in [5.41, 5.74) is 1.16. The van der Waals surface area contributed by atoms with Crippen molar-refractivity contribution in [3.8, 4) is 11.5 Å².